The summed E-state index contributed by atoms with van der Waals surface area (Å²) in [5.41, 5.74) is 1.43. The van der Waals surface area contributed by atoms with Gasteiger partial charge in [0.1, 0.15) is 0 Å². The van der Waals surface area contributed by atoms with E-state index < -0.39 is 0 Å². The van der Waals surface area contributed by atoms with Gasteiger partial charge < -0.3 is 5.32 Å². The first kappa shape index (κ1) is 13.0. The summed E-state index contributed by atoms with van der Waals surface area (Å²) in [6.07, 6.45) is 2.49. The summed E-state index contributed by atoms with van der Waals surface area (Å²) in [6, 6.07) is 9.12. The topological polar surface area (TPSA) is 12.0 Å². The number of halogens is 1. The monoisotopic (exact) mass is 317 g/mol. The van der Waals surface area contributed by atoms with E-state index in [1.807, 2.05) is 7.05 Å². The molecule has 1 atom stereocenters. The second-order valence-corrected chi connectivity index (χ2v) is 5.50. The summed E-state index contributed by atoms with van der Waals surface area (Å²) < 4.78 is 1.36. The van der Waals surface area contributed by atoms with Gasteiger partial charge in [-0.1, -0.05) is 32.0 Å². The van der Waals surface area contributed by atoms with Gasteiger partial charge in [0.15, 0.2) is 0 Å². The van der Waals surface area contributed by atoms with Crippen molar-refractivity contribution in [2.75, 3.05) is 7.05 Å². The fourth-order valence-corrected chi connectivity index (χ4v) is 2.48. The van der Waals surface area contributed by atoms with Crippen LogP contribution in [0.1, 0.15) is 38.3 Å². The van der Waals surface area contributed by atoms with Crippen molar-refractivity contribution in [1.29, 1.82) is 0 Å². The van der Waals surface area contributed by atoms with Crippen LogP contribution in [0.4, 0.5) is 0 Å². The molecule has 1 N–H and O–H groups in total. The molecule has 0 amide bonds. The van der Waals surface area contributed by atoms with Gasteiger partial charge in [-0.3, -0.25) is 0 Å². The van der Waals surface area contributed by atoms with E-state index in [2.05, 4.69) is 66.0 Å². The number of benzene rings is 1. The van der Waals surface area contributed by atoms with Crippen molar-refractivity contribution in [3.8, 4) is 0 Å². The maximum Gasteiger partial charge on any atom is 0.0328 e. The largest absolute Gasteiger partial charge is 0.313 e. The molecule has 0 aliphatic rings. The molecule has 1 aromatic carbocycles. The Hall–Kier alpha value is -0.0900. The Morgan fingerprint density at radius 1 is 1.20 bits per heavy atom. The predicted octanol–water partition coefficient (Wildman–Crippen LogP) is 3.99. The summed E-state index contributed by atoms with van der Waals surface area (Å²) in [5.74, 6) is 0.780. The zero-order valence-electron chi connectivity index (χ0n) is 9.76. The first-order valence-corrected chi connectivity index (χ1v) is 6.64. The molecule has 84 valence electrons. The summed E-state index contributed by atoms with van der Waals surface area (Å²) in [5, 5.41) is 3.41. The van der Waals surface area contributed by atoms with Crippen LogP contribution in [0.3, 0.4) is 0 Å². The smallest absolute Gasteiger partial charge is 0.0328 e. The lowest BCUT2D eigenvalue weighted by atomic mass is 9.98. The van der Waals surface area contributed by atoms with Crippen LogP contribution in [0.5, 0.6) is 0 Å². The minimum absolute atomic E-state index is 0.500. The van der Waals surface area contributed by atoms with E-state index in [1.165, 1.54) is 22.0 Å². The van der Waals surface area contributed by atoms with Gasteiger partial charge in [0, 0.05) is 9.61 Å². The Bertz CT molecular complexity index is 296. The molecule has 0 aliphatic carbocycles. The molecule has 15 heavy (non-hydrogen) atoms. The van der Waals surface area contributed by atoms with E-state index in [1.54, 1.807) is 0 Å². The summed E-state index contributed by atoms with van der Waals surface area (Å²) in [4.78, 5) is 0. The van der Waals surface area contributed by atoms with Crippen LogP contribution in [-0.2, 0) is 0 Å². The third kappa shape index (κ3) is 4.11. The summed E-state index contributed by atoms with van der Waals surface area (Å²) in [7, 11) is 2.05. The van der Waals surface area contributed by atoms with Gasteiger partial charge in [0.25, 0.3) is 0 Å². The van der Waals surface area contributed by atoms with Crippen molar-refractivity contribution >= 4 is 22.6 Å². The average molecular weight is 317 g/mol. The Morgan fingerprint density at radius 3 is 2.40 bits per heavy atom. The molecule has 1 rings (SSSR count). The van der Waals surface area contributed by atoms with E-state index in [0.717, 1.165) is 5.92 Å². The molecule has 1 nitrogen and oxygen atoms in total. The predicted molar refractivity (Wildman–Crippen MR) is 75.0 cm³/mol. The molecule has 0 spiro atoms. The molecule has 0 radical (unpaired) electrons. The Kier molecular flexibility index (Phi) is 5.61. The van der Waals surface area contributed by atoms with E-state index in [4.69, 9.17) is 0 Å². The highest BCUT2D eigenvalue weighted by atomic mass is 127. The summed E-state index contributed by atoms with van der Waals surface area (Å²) in [6.45, 7) is 4.56. The second-order valence-electron chi connectivity index (χ2n) is 4.33. The van der Waals surface area contributed by atoms with E-state index >= 15 is 0 Å². The molecule has 0 aromatic heterocycles. The average Bonchev–Trinajstić information content (AvgIpc) is 2.21. The lowest BCUT2D eigenvalue weighted by Gasteiger charge is -2.19. The lowest BCUT2D eigenvalue weighted by molar-refractivity contribution is 0.464. The van der Waals surface area contributed by atoms with Crippen molar-refractivity contribution in [1.82, 2.24) is 5.32 Å². The molecule has 0 heterocycles. The molecule has 0 fully saturated rings. The second kappa shape index (κ2) is 6.48. The number of hydrogen-bond donors (Lipinski definition) is 1. The fourth-order valence-electron chi connectivity index (χ4n) is 1.71. The number of hydrogen-bond acceptors (Lipinski definition) is 1. The van der Waals surface area contributed by atoms with Crippen LogP contribution in [0.15, 0.2) is 24.3 Å². The fraction of sp³-hybridized carbons (Fsp3) is 0.538. The molecule has 0 saturated heterocycles. The van der Waals surface area contributed by atoms with Crippen LogP contribution in [0, 0.1) is 9.49 Å². The minimum Gasteiger partial charge on any atom is -0.313 e. The highest BCUT2D eigenvalue weighted by molar-refractivity contribution is 14.1. The molecule has 0 saturated carbocycles. The molecule has 0 bridgehead atoms. The number of rotatable bonds is 5. The number of nitrogens with one attached hydrogen (secondary N) is 1. The van der Waals surface area contributed by atoms with Crippen LogP contribution < -0.4 is 5.32 Å². The van der Waals surface area contributed by atoms with Crippen LogP contribution in [0.2, 0.25) is 0 Å². The van der Waals surface area contributed by atoms with Crippen molar-refractivity contribution in [3.05, 3.63) is 33.4 Å². The molecular formula is C13H20IN. The Morgan fingerprint density at radius 2 is 1.87 bits per heavy atom. The normalized spacial score (nSPS) is 13.1. The molecule has 2 heteroatoms. The van der Waals surface area contributed by atoms with E-state index in [0.29, 0.717) is 6.04 Å². The maximum atomic E-state index is 3.41. The highest BCUT2D eigenvalue weighted by Crippen LogP contribution is 2.24. The quantitative estimate of drug-likeness (QED) is 0.810. The van der Waals surface area contributed by atoms with Gasteiger partial charge in [-0.15, -0.1) is 0 Å². The van der Waals surface area contributed by atoms with Crippen LogP contribution in [-0.4, -0.2) is 7.05 Å². The van der Waals surface area contributed by atoms with E-state index in [-0.39, 0.29) is 0 Å². The summed E-state index contributed by atoms with van der Waals surface area (Å²) >= 11 is 2.42. The van der Waals surface area contributed by atoms with Crippen molar-refractivity contribution < 1.29 is 0 Å². The van der Waals surface area contributed by atoms with Crippen LogP contribution >= 0.6 is 22.6 Å². The van der Waals surface area contributed by atoms with Gasteiger partial charge in [0.05, 0.1) is 0 Å². The van der Waals surface area contributed by atoms with Gasteiger partial charge >= 0.3 is 0 Å². The first-order chi connectivity index (χ1) is 7.15. The highest BCUT2D eigenvalue weighted by Gasteiger charge is 2.12. The Balaban J connectivity index is 2.70. The van der Waals surface area contributed by atoms with Gasteiger partial charge in [-0.25, -0.2) is 0 Å². The molecular weight excluding hydrogens is 297 g/mol. The molecule has 0 aliphatic heterocycles. The van der Waals surface area contributed by atoms with E-state index in [9.17, 15) is 0 Å². The minimum atomic E-state index is 0.500. The van der Waals surface area contributed by atoms with Crippen molar-refractivity contribution in [2.45, 2.75) is 32.7 Å². The van der Waals surface area contributed by atoms with Gasteiger partial charge in [-0.05, 0) is 60.0 Å². The first-order valence-electron chi connectivity index (χ1n) is 5.56. The Labute approximate surface area is 107 Å². The zero-order valence-corrected chi connectivity index (χ0v) is 11.9. The lowest BCUT2D eigenvalue weighted by Crippen LogP contribution is -2.18. The van der Waals surface area contributed by atoms with Crippen molar-refractivity contribution in [2.24, 2.45) is 5.92 Å². The standard InChI is InChI=1S/C13H20IN/c1-10(2)8-9-13(15-3)11-6-4-5-7-12(11)14/h4-7,10,13,15H,8-9H2,1-3H3. The molecule has 1 unspecified atom stereocenters. The third-order valence-electron chi connectivity index (χ3n) is 2.66. The SMILES string of the molecule is CNC(CCC(C)C)c1ccccc1I. The molecule has 1 aromatic rings. The third-order valence-corrected chi connectivity index (χ3v) is 3.64. The van der Waals surface area contributed by atoms with Gasteiger partial charge in [-0.2, -0.15) is 0 Å². The maximum absolute atomic E-state index is 3.41. The van der Waals surface area contributed by atoms with Crippen molar-refractivity contribution in [3.63, 3.8) is 0 Å². The van der Waals surface area contributed by atoms with Crippen LogP contribution in [0.25, 0.3) is 0 Å². The van der Waals surface area contributed by atoms with Gasteiger partial charge in [0.2, 0.25) is 0 Å². The zero-order chi connectivity index (χ0) is 11.3.